The predicted octanol–water partition coefficient (Wildman–Crippen LogP) is 1.68. The second-order valence-corrected chi connectivity index (χ2v) is 4.85. The minimum atomic E-state index is 0.613. The summed E-state index contributed by atoms with van der Waals surface area (Å²) in [6.45, 7) is 1.83. The van der Waals surface area contributed by atoms with Crippen LogP contribution in [0, 0.1) is 6.92 Å². The van der Waals surface area contributed by atoms with Crippen molar-refractivity contribution in [3.05, 3.63) is 23.5 Å². The lowest BCUT2D eigenvalue weighted by molar-refractivity contribution is 0.963. The molecule has 0 aromatic carbocycles. The molecule has 0 fully saturated rings. The van der Waals surface area contributed by atoms with Gasteiger partial charge in [0.2, 0.25) is 0 Å². The maximum Gasteiger partial charge on any atom is 0.156 e. The van der Waals surface area contributed by atoms with Gasteiger partial charge >= 0.3 is 0 Å². The number of hydrogen-bond donors (Lipinski definition) is 2. The van der Waals surface area contributed by atoms with Crippen molar-refractivity contribution in [2.24, 2.45) is 5.84 Å². The molecular weight excluding hydrogens is 230 g/mol. The lowest BCUT2D eigenvalue weighted by Crippen LogP contribution is -2.09. The fourth-order valence-electron chi connectivity index (χ4n) is 1.02. The topological polar surface area (TPSA) is 76.7 Å². The van der Waals surface area contributed by atoms with Crippen LogP contribution in [0.25, 0.3) is 0 Å². The highest BCUT2D eigenvalue weighted by Crippen LogP contribution is 2.28. The second-order valence-electron chi connectivity index (χ2n) is 2.68. The average molecular weight is 239 g/mol. The number of hydrogen-bond acceptors (Lipinski definition) is 7. The Balaban J connectivity index is 2.24. The van der Waals surface area contributed by atoms with Gasteiger partial charge in [0.15, 0.2) is 4.34 Å². The molecule has 2 heterocycles. The molecule has 2 aromatic rings. The van der Waals surface area contributed by atoms with Gasteiger partial charge in [0.05, 0.1) is 0 Å². The van der Waals surface area contributed by atoms with Crippen LogP contribution in [0.1, 0.15) is 5.82 Å². The molecule has 0 aliphatic carbocycles. The molecule has 2 aromatic heterocycles. The quantitative estimate of drug-likeness (QED) is 0.482. The molecule has 7 heteroatoms. The molecule has 0 bridgehead atoms. The van der Waals surface area contributed by atoms with E-state index < -0.39 is 0 Å². The first-order valence-electron chi connectivity index (χ1n) is 4.17. The summed E-state index contributed by atoms with van der Waals surface area (Å²) in [6.07, 6.45) is 1.77. The van der Waals surface area contributed by atoms with Gasteiger partial charge in [-0.2, -0.15) is 0 Å². The third-order valence-corrected chi connectivity index (χ3v) is 3.37. The van der Waals surface area contributed by atoms with E-state index in [2.05, 4.69) is 20.4 Å². The van der Waals surface area contributed by atoms with E-state index in [0.29, 0.717) is 11.6 Å². The maximum absolute atomic E-state index is 5.30. The third kappa shape index (κ3) is 2.65. The van der Waals surface area contributed by atoms with Crippen LogP contribution >= 0.6 is 23.1 Å². The number of nitrogens with two attached hydrogens (primary N) is 1. The summed E-state index contributed by atoms with van der Waals surface area (Å²) in [6, 6.07) is 1.79. The normalized spacial score (nSPS) is 10.3. The molecule has 78 valence electrons. The summed E-state index contributed by atoms with van der Waals surface area (Å²) < 4.78 is 0.955. The molecule has 2 rings (SSSR count). The summed E-state index contributed by atoms with van der Waals surface area (Å²) in [5, 5.41) is 2.77. The highest BCUT2D eigenvalue weighted by atomic mass is 32.2. The Morgan fingerprint density at radius 2 is 2.33 bits per heavy atom. The van der Waals surface area contributed by atoms with Crippen LogP contribution < -0.4 is 11.3 Å². The number of nitrogens with zero attached hydrogens (tertiary/aromatic N) is 3. The third-order valence-electron chi connectivity index (χ3n) is 1.56. The van der Waals surface area contributed by atoms with E-state index in [0.717, 1.165) is 9.37 Å². The van der Waals surface area contributed by atoms with Crippen molar-refractivity contribution in [2.45, 2.75) is 16.3 Å². The van der Waals surface area contributed by atoms with E-state index >= 15 is 0 Å². The molecule has 0 saturated heterocycles. The maximum atomic E-state index is 5.30. The first-order chi connectivity index (χ1) is 7.28. The van der Waals surface area contributed by atoms with Gasteiger partial charge in [-0.1, -0.05) is 0 Å². The standard InChI is InChI=1S/C8H9N5S2/c1-5-11-6(13-9)4-7(12-5)15-8-10-2-3-14-8/h2-4H,9H2,1H3,(H,11,12,13). The van der Waals surface area contributed by atoms with Crippen LogP contribution in [0.5, 0.6) is 0 Å². The minimum Gasteiger partial charge on any atom is -0.308 e. The van der Waals surface area contributed by atoms with E-state index in [1.54, 1.807) is 23.6 Å². The molecule has 15 heavy (non-hydrogen) atoms. The molecule has 5 nitrogen and oxygen atoms in total. The highest BCUT2D eigenvalue weighted by molar-refractivity contribution is 8.01. The van der Waals surface area contributed by atoms with E-state index in [1.807, 2.05) is 12.3 Å². The number of rotatable bonds is 3. The molecule has 0 spiro atoms. The zero-order valence-corrected chi connectivity index (χ0v) is 9.60. The van der Waals surface area contributed by atoms with Crippen LogP contribution in [0.3, 0.4) is 0 Å². The van der Waals surface area contributed by atoms with Gasteiger partial charge in [0, 0.05) is 17.6 Å². The molecule has 0 aliphatic heterocycles. The molecule has 0 atom stereocenters. The SMILES string of the molecule is Cc1nc(NN)cc(Sc2nccs2)n1. The Kier molecular flexibility index (Phi) is 3.14. The van der Waals surface area contributed by atoms with Crippen molar-refractivity contribution < 1.29 is 0 Å². The van der Waals surface area contributed by atoms with Crippen molar-refractivity contribution in [2.75, 3.05) is 5.43 Å². The Morgan fingerprint density at radius 1 is 1.47 bits per heavy atom. The number of nitrogens with one attached hydrogen (secondary N) is 1. The molecule has 0 aliphatic rings. The molecule has 0 saturated carbocycles. The first-order valence-corrected chi connectivity index (χ1v) is 5.87. The molecule has 0 unspecified atom stereocenters. The van der Waals surface area contributed by atoms with Crippen LogP contribution in [0.4, 0.5) is 5.82 Å². The van der Waals surface area contributed by atoms with Gasteiger partial charge in [0.25, 0.3) is 0 Å². The Labute approximate surface area is 95.1 Å². The van der Waals surface area contributed by atoms with Gasteiger partial charge < -0.3 is 5.43 Å². The lowest BCUT2D eigenvalue weighted by Gasteiger charge is -2.02. The minimum absolute atomic E-state index is 0.613. The number of aromatic nitrogens is 3. The number of thiazole rings is 1. The van der Waals surface area contributed by atoms with Crippen LogP contribution in [0.15, 0.2) is 27.0 Å². The number of hydrazine groups is 1. The smallest absolute Gasteiger partial charge is 0.156 e. The predicted molar refractivity (Wildman–Crippen MR) is 60.8 cm³/mol. The van der Waals surface area contributed by atoms with E-state index in [-0.39, 0.29) is 0 Å². The lowest BCUT2D eigenvalue weighted by atomic mass is 10.5. The first kappa shape index (κ1) is 10.3. The Bertz CT molecular complexity index is 442. The summed E-state index contributed by atoms with van der Waals surface area (Å²) >= 11 is 3.08. The summed E-state index contributed by atoms with van der Waals surface area (Å²) in [5.74, 6) is 6.60. The summed E-state index contributed by atoms with van der Waals surface area (Å²) in [5.41, 5.74) is 2.51. The van der Waals surface area contributed by atoms with Gasteiger partial charge in [-0.25, -0.2) is 20.8 Å². The average Bonchev–Trinajstić information content (AvgIpc) is 2.69. The zero-order chi connectivity index (χ0) is 10.7. The number of anilines is 1. The highest BCUT2D eigenvalue weighted by Gasteiger charge is 2.04. The summed E-state index contributed by atoms with van der Waals surface area (Å²) in [4.78, 5) is 12.5. The molecule has 3 N–H and O–H groups in total. The van der Waals surface area contributed by atoms with Gasteiger partial charge in [0.1, 0.15) is 16.7 Å². The zero-order valence-electron chi connectivity index (χ0n) is 7.97. The van der Waals surface area contributed by atoms with E-state index in [4.69, 9.17) is 5.84 Å². The van der Waals surface area contributed by atoms with Crippen molar-refractivity contribution in [3.63, 3.8) is 0 Å². The second kappa shape index (κ2) is 4.56. The van der Waals surface area contributed by atoms with Crippen molar-refractivity contribution >= 4 is 28.9 Å². The molecule has 0 radical (unpaired) electrons. The Morgan fingerprint density at radius 3 is 3.00 bits per heavy atom. The van der Waals surface area contributed by atoms with Gasteiger partial charge in [-0.3, -0.25) is 0 Å². The fourth-order valence-corrected chi connectivity index (χ4v) is 2.63. The van der Waals surface area contributed by atoms with E-state index in [9.17, 15) is 0 Å². The number of aryl methyl sites for hydroxylation is 1. The molecule has 0 amide bonds. The van der Waals surface area contributed by atoms with Crippen LogP contribution in [0.2, 0.25) is 0 Å². The fraction of sp³-hybridized carbons (Fsp3) is 0.125. The molecular formula is C8H9N5S2. The van der Waals surface area contributed by atoms with Crippen molar-refractivity contribution in [3.8, 4) is 0 Å². The largest absolute Gasteiger partial charge is 0.308 e. The Hall–Kier alpha value is -1.18. The van der Waals surface area contributed by atoms with Crippen LogP contribution in [-0.4, -0.2) is 15.0 Å². The van der Waals surface area contributed by atoms with Crippen molar-refractivity contribution in [1.29, 1.82) is 0 Å². The van der Waals surface area contributed by atoms with Gasteiger partial charge in [-0.15, -0.1) is 11.3 Å². The monoisotopic (exact) mass is 239 g/mol. The summed E-state index contributed by atoms with van der Waals surface area (Å²) in [7, 11) is 0. The van der Waals surface area contributed by atoms with Crippen LogP contribution in [-0.2, 0) is 0 Å². The van der Waals surface area contributed by atoms with E-state index in [1.165, 1.54) is 11.8 Å². The van der Waals surface area contributed by atoms with Gasteiger partial charge in [-0.05, 0) is 18.7 Å². The van der Waals surface area contributed by atoms with Crippen molar-refractivity contribution in [1.82, 2.24) is 15.0 Å². The number of nitrogen functional groups attached to an aromatic ring is 1.